The Kier molecular flexibility index (Phi) is 13.5. The fourth-order valence-electron chi connectivity index (χ4n) is 3.02. The molecule has 1 radical (unpaired) electrons. The van der Waals surface area contributed by atoms with Crippen LogP contribution < -0.4 is 0 Å². The highest BCUT2D eigenvalue weighted by atomic mass is 16.5. The van der Waals surface area contributed by atoms with E-state index in [1.165, 1.54) is 96.3 Å². The fourth-order valence-corrected chi connectivity index (χ4v) is 3.02. The van der Waals surface area contributed by atoms with Crippen LogP contribution in [0.4, 0.5) is 0 Å². The summed E-state index contributed by atoms with van der Waals surface area (Å²) in [6.07, 6.45) is 22.7. The van der Waals surface area contributed by atoms with Gasteiger partial charge in [-0.05, 0) is 18.8 Å². The van der Waals surface area contributed by atoms with Crippen molar-refractivity contribution in [3.63, 3.8) is 0 Å². The zero-order chi connectivity index (χ0) is 15.0. The van der Waals surface area contributed by atoms with Gasteiger partial charge in [0.1, 0.15) is 0 Å². The molecule has 21 heavy (non-hydrogen) atoms. The van der Waals surface area contributed by atoms with Gasteiger partial charge in [-0.15, -0.1) is 0 Å². The summed E-state index contributed by atoms with van der Waals surface area (Å²) in [5.74, 6) is 1.14. The van der Waals surface area contributed by atoms with Crippen molar-refractivity contribution in [2.24, 2.45) is 5.92 Å². The lowest BCUT2D eigenvalue weighted by Gasteiger charge is -2.04. The van der Waals surface area contributed by atoms with E-state index in [0.29, 0.717) is 0 Å². The van der Waals surface area contributed by atoms with Crippen LogP contribution in [0.5, 0.6) is 0 Å². The highest BCUT2D eigenvalue weighted by Crippen LogP contribution is 2.34. The Labute approximate surface area is 134 Å². The van der Waals surface area contributed by atoms with Gasteiger partial charge >= 0.3 is 0 Å². The van der Waals surface area contributed by atoms with Gasteiger partial charge in [-0.1, -0.05) is 96.8 Å². The Balaban J connectivity index is 1.59. The molecule has 1 heteroatoms. The average Bonchev–Trinajstić information content (AvgIpc) is 3.31. The average molecular weight is 296 g/mol. The Morgan fingerprint density at radius 1 is 0.619 bits per heavy atom. The predicted molar refractivity (Wildman–Crippen MR) is 93.5 cm³/mol. The smallest absolute Gasteiger partial charge is 0.0466 e. The van der Waals surface area contributed by atoms with E-state index >= 15 is 0 Å². The lowest BCUT2D eigenvalue weighted by atomic mass is 10.0. The second-order valence-corrected chi connectivity index (χ2v) is 6.94. The number of ether oxygens (including phenoxy) is 1. The van der Waals surface area contributed by atoms with Crippen LogP contribution in [-0.4, -0.2) is 13.2 Å². The van der Waals surface area contributed by atoms with Gasteiger partial charge in [0.25, 0.3) is 0 Å². The van der Waals surface area contributed by atoms with Gasteiger partial charge < -0.3 is 4.74 Å². The first kappa shape index (κ1) is 19.0. The molecule has 1 fully saturated rings. The van der Waals surface area contributed by atoms with Gasteiger partial charge in [-0.25, -0.2) is 0 Å². The highest BCUT2D eigenvalue weighted by Gasteiger charge is 2.19. The van der Waals surface area contributed by atoms with Crippen LogP contribution in [0.2, 0.25) is 0 Å². The number of unbranched alkanes of at least 4 members (excludes halogenated alkanes) is 11. The van der Waals surface area contributed by atoms with Crippen molar-refractivity contribution in [3.05, 3.63) is 6.92 Å². The standard InChI is InChI=1S/C20H39O/c1-2-18-21-19-14-12-10-8-6-4-3-5-7-9-11-13-15-20-16-17-20/h20H,1-19H2. The van der Waals surface area contributed by atoms with E-state index in [9.17, 15) is 0 Å². The minimum atomic E-state index is 0.834. The van der Waals surface area contributed by atoms with Crippen LogP contribution in [0.15, 0.2) is 0 Å². The molecule has 1 aliphatic rings. The molecule has 1 rings (SSSR count). The predicted octanol–water partition coefficient (Wildman–Crippen LogP) is 6.71. The lowest BCUT2D eigenvalue weighted by Crippen LogP contribution is -1.95. The van der Waals surface area contributed by atoms with Crippen LogP contribution >= 0.6 is 0 Å². The minimum Gasteiger partial charge on any atom is -0.381 e. The molecule has 0 unspecified atom stereocenters. The molecule has 0 bridgehead atoms. The molecule has 0 heterocycles. The molecule has 0 aromatic heterocycles. The summed E-state index contributed by atoms with van der Waals surface area (Å²) in [4.78, 5) is 0. The molecule has 1 nitrogen and oxygen atoms in total. The molecule has 0 aliphatic heterocycles. The van der Waals surface area contributed by atoms with Gasteiger partial charge in [0.2, 0.25) is 0 Å². The summed E-state index contributed by atoms with van der Waals surface area (Å²) in [5, 5.41) is 0. The normalized spacial score (nSPS) is 14.7. The van der Waals surface area contributed by atoms with E-state index in [0.717, 1.165) is 25.6 Å². The third-order valence-electron chi connectivity index (χ3n) is 4.64. The first-order chi connectivity index (χ1) is 10.4. The van der Waals surface area contributed by atoms with Gasteiger partial charge in [0.15, 0.2) is 0 Å². The SMILES string of the molecule is [CH2]CCOCCCCCCCCCCCCCCC1CC1. The van der Waals surface area contributed by atoms with Gasteiger partial charge in [0, 0.05) is 13.2 Å². The molecule has 1 aliphatic carbocycles. The summed E-state index contributed by atoms with van der Waals surface area (Å²) >= 11 is 0. The molecule has 0 spiro atoms. The number of hydrogen-bond acceptors (Lipinski definition) is 1. The molecule has 0 atom stereocenters. The molecule has 0 aromatic carbocycles. The van der Waals surface area contributed by atoms with Crippen LogP contribution in [-0.2, 0) is 4.74 Å². The van der Waals surface area contributed by atoms with Crippen molar-refractivity contribution < 1.29 is 4.74 Å². The monoisotopic (exact) mass is 295 g/mol. The fraction of sp³-hybridized carbons (Fsp3) is 0.950. The van der Waals surface area contributed by atoms with Crippen molar-refractivity contribution in [3.8, 4) is 0 Å². The highest BCUT2D eigenvalue weighted by molar-refractivity contribution is 4.72. The van der Waals surface area contributed by atoms with Crippen LogP contribution in [0.25, 0.3) is 0 Å². The van der Waals surface area contributed by atoms with E-state index < -0.39 is 0 Å². The maximum absolute atomic E-state index is 5.44. The summed E-state index contributed by atoms with van der Waals surface area (Å²) in [6, 6.07) is 0. The first-order valence-electron chi connectivity index (χ1n) is 9.80. The Morgan fingerprint density at radius 2 is 1.10 bits per heavy atom. The summed E-state index contributed by atoms with van der Waals surface area (Å²) in [7, 11) is 0. The summed E-state index contributed by atoms with van der Waals surface area (Å²) in [5.41, 5.74) is 0. The zero-order valence-electron chi connectivity index (χ0n) is 14.4. The van der Waals surface area contributed by atoms with Crippen molar-refractivity contribution in [1.82, 2.24) is 0 Å². The maximum Gasteiger partial charge on any atom is 0.0466 e. The minimum absolute atomic E-state index is 0.834. The van der Waals surface area contributed by atoms with Crippen molar-refractivity contribution >= 4 is 0 Å². The molecule has 0 aromatic rings. The van der Waals surface area contributed by atoms with Gasteiger partial charge in [0.05, 0.1) is 0 Å². The van der Waals surface area contributed by atoms with Gasteiger partial charge in [-0.2, -0.15) is 0 Å². The summed E-state index contributed by atoms with van der Waals surface area (Å²) in [6.45, 7) is 5.55. The topological polar surface area (TPSA) is 9.23 Å². The van der Waals surface area contributed by atoms with E-state index in [1.807, 2.05) is 0 Å². The Morgan fingerprint density at radius 3 is 1.57 bits per heavy atom. The molecule has 0 N–H and O–H groups in total. The quantitative estimate of drug-likeness (QED) is 0.271. The lowest BCUT2D eigenvalue weighted by molar-refractivity contribution is 0.134. The molecule has 1 saturated carbocycles. The van der Waals surface area contributed by atoms with Crippen molar-refractivity contribution in [2.75, 3.05) is 13.2 Å². The molecule has 0 amide bonds. The summed E-state index contributed by atoms with van der Waals surface area (Å²) < 4.78 is 5.44. The van der Waals surface area contributed by atoms with Crippen LogP contribution in [0, 0.1) is 12.8 Å². The molecule has 0 saturated heterocycles. The van der Waals surface area contributed by atoms with E-state index in [2.05, 4.69) is 6.92 Å². The molecular weight excluding hydrogens is 256 g/mol. The van der Waals surface area contributed by atoms with E-state index in [-0.39, 0.29) is 0 Å². The van der Waals surface area contributed by atoms with E-state index in [1.54, 1.807) is 0 Å². The third-order valence-corrected chi connectivity index (χ3v) is 4.64. The maximum atomic E-state index is 5.44. The number of hydrogen-bond donors (Lipinski definition) is 0. The second-order valence-electron chi connectivity index (χ2n) is 6.94. The molecular formula is C20H39O. The molecule has 125 valence electrons. The Hall–Kier alpha value is -0.0400. The second kappa shape index (κ2) is 14.9. The van der Waals surface area contributed by atoms with Crippen molar-refractivity contribution in [1.29, 1.82) is 0 Å². The first-order valence-corrected chi connectivity index (χ1v) is 9.80. The third kappa shape index (κ3) is 14.7. The van der Waals surface area contributed by atoms with Crippen LogP contribution in [0.3, 0.4) is 0 Å². The number of rotatable bonds is 17. The Bertz CT molecular complexity index is 198. The van der Waals surface area contributed by atoms with Crippen molar-refractivity contribution in [2.45, 2.75) is 103 Å². The largest absolute Gasteiger partial charge is 0.381 e. The zero-order valence-corrected chi connectivity index (χ0v) is 14.4. The van der Waals surface area contributed by atoms with Gasteiger partial charge in [-0.3, -0.25) is 0 Å². The van der Waals surface area contributed by atoms with E-state index in [4.69, 9.17) is 4.74 Å². The van der Waals surface area contributed by atoms with Crippen LogP contribution in [0.1, 0.15) is 103 Å².